The number of hydrogen-bond donors (Lipinski definition) is 3. The third kappa shape index (κ3) is 2.66. The van der Waals surface area contributed by atoms with Crippen LogP contribution in [0.5, 0.6) is 0 Å². The smallest absolute Gasteiger partial charge is 0.267 e. The monoisotopic (exact) mass is 266 g/mol. The Morgan fingerprint density at radius 2 is 2.06 bits per heavy atom. The summed E-state index contributed by atoms with van der Waals surface area (Å²) in [6, 6.07) is 6.66. The second-order valence-electron chi connectivity index (χ2n) is 3.89. The van der Waals surface area contributed by atoms with Crippen LogP contribution in [-0.4, -0.2) is 34.2 Å². The molecular weight excluding hydrogens is 252 g/mol. The number of nitrogens with two attached hydrogens (primary N) is 1. The van der Waals surface area contributed by atoms with Crippen LogP contribution in [-0.2, 0) is 9.53 Å². The molecule has 0 bridgehead atoms. The molecule has 0 radical (unpaired) electrons. The van der Waals surface area contributed by atoms with Gasteiger partial charge in [-0.25, -0.2) is 0 Å². The van der Waals surface area contributed by atoms with Gasteiger partial charge >= 0.3 is 0 Å². The number of hydrogen-bond acceptors (Lipinski definition) is 4. The van der Waals surface area contributed by atoms with E-state index in [4.69, 9.17) is 15.9 Å². The van der Waals surface area contributed by atoms with Gasteiger partial charge in [0.2, 0.25) is 0 Å². The van der Waals surface area contributed by atoms with Gasteiger partial charge in [-0.15, -0.1) is 0 Å². The molecule has 1 unspecified atom stereocenters. The van der Waals surface area contributed by atoms with Gasteiger partial charge in [0.05, 0.1) is 13.2 Å². The number of primary amides is 1. The summed E-state index contributed by atoms with van der Waals surface area (Å²) < 4.78 is 15.3. The molecule has 18 heavy (non-hydrogen) atoms. The van der Waals surface area contributed by atoms with Crippen LogP contribution in [0.4, 0.5) is 0 Å². The number of amides is 1. The third-order valence-electron chi connectivity index (χ3n) is 2.67. The molecule has 96 valence electrons. The fraction of sp³-hybridized carbons (Fsp3) is 0.250. The van der Waals surface area contributed by atoms with Gasteiger partial charge in [-0.2, -0.15) is 0 Å². The van der Waals surface area contributed by atoms with E-state index >= 15 is 0 Å². The summed E-state index contributed by atoms with van der Waals surface area (Å²) in [5, 5.41) is 7.47. The molecule has 1 aliphatic heterocycles. The predicted molar refractivity (Wildman–Crippen MR) is 71.4 cm³/mol. The van der Waals surface area contributed by atoms with Crippen LogP contribution in [0.15, 0.2) is 29.2 Å². The van der Waals surface area contributed by atoms with Crippen molar-refractivity contribution in [1.29, 1.82) is 5.41 Å². The summed E-state index contributed by atoms with van der Waals surface area (Å²) in [4.78, 5) is 12.6. The minimum atomic E-state index is -0.936. The average Bonchev–Trinajstić information content (AvgIpc) is 2.91. The highest BCUT2D eigenvalue weighted by Gasteiger charge is 2.13. The largest absolute Gasteiger partial charge is 0.376 e. The summed E-state index contributed by atoms with van der Waals surface area (Å²) in [6.45, 7) is 1.16. The first-order valence-corrected chi connectivity index (χ1v) is 6.62. The summed E-state index contributed by atoms with van der Waals surface area (Å²) >= 11 is 0. The molecule has 0 spiro atoms. The molecule has 1 aliphatic rings. The first-order valence-electron chi connectivity index (χ1n) is 5.44. The standard InChI is InChI=1S/C12H14N2O3S/c13-11(12(14)15)8-1-3-9(4-2-8)18(16)10-5-6-17-7-10/h1-4,13,16H,5-7H2,(H2,14,15). The van der Waals surface area contributed by atoms with Crippen molar-refractivity contribution in [2.24, 2.45) is 5.73 Å². The van der Waals surface area contributed by atoms with E-state index in [1.165, 1.54) is 0 Å². The molecule has 0 aromatic heterocycles. The van der Waals surface area contributed by atoms with Gasteiger partial charge in [-0.3, -0.25) is 10.2 Å². The Balaban J connectivity index is 2.25. The second kappa shape index (κ2) is 5.43. The predicted octanol–water partition coefficient (Wildman–Crippen LogP) is 1.23. The highest BCUT2D eigenvalue weighted by molar-refractivity contribution is 8.11. The molecule has 4 N–H and O–H groups in total. The lowest BCUT2D eigenvalue weighted by atomic mass is 10.1. The van der Waals surface area contributed by atoms with Crippen molar-refractivity contribution < 1.29 is 14.1 Å². The van der Waals surface area contributed by atoms with Gasteiger partial charge in [0.15, 0.2) is 0 Å². The normalized spacial score (nSPS) is 18.6. The molecule has 1 saturated heterocycles. The highest BCUT2D eigenvalue weighted by Crippen LogP contribution is 2.27. The Kier molecular flexibility index (Phi) is 3.90. The number of nitrogens with one attached hydrogen (secondary N) is 1. The van der Waals surface area contributed by atoms with E-state index in [9.17, 15) is 9.35 Å². The molecular formula is C12H14N2O3S. The SMILES string of the molecule is N=C(C(N)=O)c1ccc(S(O)=C2CCOC2)cc1. The summed E-state index contributed by atoms with van der Waals surface area (Å²) in [5.74, 6) is -0.760. The van der Waals surface area contributed by atoms with Gasteiger partial charge < -0.3 is 15.0 Å². The Bertz CT molecular complexity index is 515. The molecule has 0 saturated carbocycles. The van der Waals surface area contributed by atoms with Crippen LogP contribution >= 0.6 is 10.8 Å². The topological polar surface area (TPSA) is 96.4 Å². The first kappa shape index (κ1) is 12.9. The Labute approximate surface area is 107 Å². The van der Waals surface area contributed by atoms with Crippen molar-refractivity contribution in [3.05, 3.63) is 29.8 Å². The summed E-state index contributed by atoms with van der Waals surface area (Å²) in [5.41, 5.74) is 5.26. The van der Waals surface area contributed by atoms with Crippen LogP contribution in [0.2, 0.25) is 0 Å². The first-order chi connectivity index (χ1) is 8.59. The van der Waals surface area contributed by atoms with Crippen LogP contribution in [0.3, 0.4) is 0 Å². The van der Waals surface area contributed by atoms with Crippen LogP contribution in [0.25, 0.3) is 0 Å². The number of carbonyl (C=O) groups is 1. The zero-order valence-electron chi connectivity index (χ0n) is 9.68. The van der Waals surface area contributed by atoms with E-state index in [1.807, 2.05) is 0 Å². The van der Waals surface area contributed by atoms with Crippen molar-refractivity contribution in [2.75, 3.05) is 13.2 Å². The van der Waals surface area contributed by atoms with Crippen molar-refractivity contribution >= 4 is 27.2 Å². The molecule has 1 aromatic rings. The van der Waals surface area contributed by atoms with Crippen molar-refractivity contribution in [1.82, 2.24) is 0 Å². The van der Waals surface area contributed by atoms with Gasteiger partial charge in [0, 0.05) is 21.7 Å². The maximum Gasteiger partial charge on any atom is 0.267 e. The number of benzene rings is 1. The molecule has 1 aromatic carbocycles. The van der Waals surface area contributed by atoms with Crippen molar-refractivity contribution in [2.45, 2.75) is 11.3 Å². The van der Waals surface area contributed by atoms with E-state index in [2.05, 4.69) is 0 Å². The number of carbonyl (C=O) groups excluding carboxylic acids is 1. The second-order valence-corrected chi connectivity index (χ2v) is 5.51. The van der Waals surface area contributed by atoms with E-state index in [0.717, 1.165) is 16.2 Å². The Hall–Kier alpha value is -1.50. The zero-order chi connectivity index (χ0) is 13.1. The fourth-order valence-electron chi connectivity index (χ4n) is 1.66. The van der Waals surface area contributed by atoms with Crippen LogP contribution < -0.4 is 5.73 Å². The maximum absolute atomic E-state index is 10.9. The van der Waals surface area contributed by atoms with E-state index < -0.39 is 16.7 Å². The van der Waals surface area contributed by atoms with Gasteiger partial charge in [0.25, 0.3) is 5.91 Å². The lowest BCUT2D eigenvalue weighted by Crippen LogP contribution is -2.22. The molecule has 1 atom stereocenters. The van der Waals surface area contributed by atoms with Crippen LogP contribution in [0.1, 0.15) is 12.0 Å². The minimum Gasteiger partial charge on any atom is -0.376 e. The van der Waals surface area contributed by atoms with Gasteiger partial charge in [-0.05, 0) is 22.9 Å². The van der Waals surface area contributed by atoms with Crippen molar-refractivity contribution in [3.8, 4) is 0 Å². The molecule has 6 heteroatoms. The van der Waals surface area contributed by atoms with E-state index in [1.54, 1.807) is 24.3 Å². The zero-order valence-corrected chi connectivity index (χ0v) is 10.5. The van der Waals surface area contributed by atoms with Gasteiger partial charge in [-0.1, -0.05) is 12.1 Å². The summed E-state index contributed by atoms with van der Waals surface area (Å²) in [7, 11) is -0.936. The van der Waals surface area contributed by atoms with E-state index in [0.29, 0.717) is 18.8 Å². The lowest BCUT2D eigenvalue weighted by Gasteiger charge is -2.06. The van der Waals surface area contributed by atoms with Gasteiger partial charge in [0.1, 0.15) is 5.71 Å². The Morgan fingerprint density at radius 3 is 2.56 bits per heavy atom. The lowest BCUT2D eigenvalue weighted by molar-refractivity contribution is -0.112. The minimum absolute atomic E-state index is 0.226. The maximum atomic E-state index is 10.9. The Morgan fingerprint density at radius 1 is 1.39 bits per heavy atom. The quantitative estimate of drug-likeness (QED) is 0.567. The molecule has 1 heterocycles. The molecule has 2 rings (SSSR count). The third-order valence-corrected chi connectivity index (χ3v) is 4.26. The van der Waals surface area contributed by atoms with E-state index in [-0.39, 0.29) is 5.71 Å². The number of rotatable bonds is 3. The summed E-state index contributed by atoms with van der Waals surface area (Å²) in [6.07, 6.45) is 0.776. The number of ether oxygens (including phenoxy) is 1. The highest BCUT2D eigenvalue weighted by atomic mass is 32.2. The van der Waals surface area contributed by atoms with Crippen LogP contribution in [0, 0.1) is 5.41 Å². The molecule has 1 fully saturated rings. The fourth-order valence-corrected chi connectivity index (χ4v) is 2.85. The van der Waals surface area contributed by atoms with Crippen molar-refractivity contribution in [3.63, 3.8) is 0 Å². The molecule has 5 nitrogen and oxygen atoms in total. The molecule has 1 amide bonds. The molecule has 0 aliphatic carbocycles. The average molecular weight is 266 g/mol.